The van der Waals surface area contributed by atoms with Crippen LogP contribution in [0.5, 0.6) is 0 Å². The zero-order chi connectivity index (χ0) is 15.9. The third kappa shape index (κ3) is 2.36. The van der Waals surface area contributed by atoms with Crippen LogP contribution in [0.2, 0.25) is 0 Å². The molecule has 3 aromatic rings. The van der Waals surface area contributed by atoms with Gasteiger partial charge in [0, 0.05) is 16.7 Å². The summed E-state index contributed by atoms with van der Waals surface area (Å²) in [4.78, 5) is 15.7. The van der Waals surface area contributed by atoms with Crippen molar-refractivity contribution < 1.29 is 4.79 Å². The molecule has 4 rings (SSSR count). The Hall–Kier alpha value is -2.45. The first-order valence-electron chi connectivity index (χ1n) is 7.53. The summed E-state index contributed by atoms with van der Waals surface area (Å²) in [5.41, 5.74) is 0.699. The normalized spacial score (nSPS) is 20.7. The number of thioether (sulfide) groups is 1. The highest BCUT2D eigenvalue weighted by Gasteiger charge is 2.36. The van der Waals surface area contributed by atoms with Crippen LogP contribution in [0, 0.1) is 11.3 Å². The van der Waals surface area contributed by atoms with E-state index >= 15 is 0 Å². The molecule has 0 bridgehead atoms. The molecule has 1 aliphatic rings. The molecule has 5 heteroatoms. The van der Waals surface area contributed by atoms with E-state index in [9.17, 15) is 10.1 Å². The Labute approximate surface area is 137 Å². The molecule has 0 spiro atoms. The second-order valence-electron chi connectivity index (χ2n) is 5.88. The van der Waals surface area contributed by atoms with Crippen LogP contribution < -0.4 is 5.32 Å². The Kier molecular flexibility index (Phi) is 3.28. The van der Waals surface area contributed by atoms with Gasteiger partial charge in [0.15, 0.2) is 0 Å². The molecule has 1 aliphatic heterocycles. The molecule has 1 saturated heterocycles. The summed E-state index contributed by atoms with van der Waals surface area (Å²) in [7, 11) is 0. The topological polar surface area (TPSA) is 68.7 Å². The smallest absolute Gasteiger partial charge is 0.268 e. The van der Waals surface area contributed by atoms with Gasteiger partial charge in [-0.1, -0.05) is 30.3 Å². The van der Waals surface area contributed by atoms with Gasteiger partial charge in [-0.05, 0) is 35.1 Å². The number of H-pyrrole nitrogens is 1. The van der Waals surface area contributed by atoms with Gasteiger partial charge in [-0.3, -0.25) is 4.79 Å². The number of carbonyl (C=O) groups excluding carboxylic acids is 1. The van der Waals surface area contributed by atoms with Gasteiger partial charge >= 0.3 is 0 Å². The highest BCUT2D eigenvalue weighted by molar-refractivity contribution is 7.99. The first-order valence-corrected chi connectivity index (χ1v) is 8.68. The number of hydrogen-bond acceptors (Lipinski definition) is 3. The largest absolute Gasteiger partial charge is 0.351 e. The highest BCUT2D eigenvalue weighted by Crippen LogP contribution is 2.29. The SMILES string of the molecule is N#CC1(NC(=O)c2cc3c(ccc4ccccc43)[nH]2)CCSC1. The third-order valence-electron chi connectivity index (χ3n) is 4.36. The molecule has 1 fully saturated rings. The van der Waals surface area contributed by atoms with E-state index in [1.54, 1.807) is 11.8 Å². The number of rotatable bonds is 2. The second kappa shape index (κ2) is 5.32. The number of aromatic amines is 1. The summed E-state index contributed by atoms with van der Waals surface area (Å²) >= 11 is 1.70. The number of nitrogens with zero attached hydrogens (tertiary/aromatic N) is 1. The number of amides is 1. The first-order chi connectivity index (χ1) is 11.2. The van der Waals surface area contributed by atoms with Crippen molar-refractivity contribution in [1.82, 2.24) is 10.3 Å². The Morgan fingerprint density at radius 1 is 1.26 bits per heavy atom. The number of hydrogen-bond donors (Lipinski definition) is 2. The van der Waals surface area contributed by atoms with Crippen molar-refractivity contribution in [1.29, 1.82) is 5.26 Å². The van der Waals surface area contributed by atoms with Crippen molar-refractivity contribution in [2.45, 2.75) is 12.0 Å². The molecular weight excluding hydrogens is 306 g/mol. The summed E-state index contributed by atoms with van der Waals surface area (Å²) in [5.74, 6) is 1.35. The molecule has 1 aromatic heterocycles. The summed E-state index contributed by atoms with van der Waals surface area (Å²) in [6.07, 6.45) is 0.697. The fourth-order valence-corrected chi connectivity index (χ4v) is 4.34. The monoisotopic (exact) mass is 321 g/mol. The van der Waals surface area contributed by atoms with Crippen LogP contribution in [-0.2, 0) is 0 Å². The standard InChI is InChI=1S/C18H15N3OS/c19-10-18(7-8-23-11-18)21-17(22)16-9-14-13-4-2-1-3-12(13)5-6-15(14)20-16/h1-6,9,20H,7-8,11H2,(H,21,22). The zero-order valence-electron chi connectivity index (χ0n) is 12.4. The molecule has 2 N–H and O–H groups in total. The molecule has 0 saturated carbocycles. The van der Waals surface area contributed by atoms with Gasteiger partial charge in [0.1, 0.15) is 11.2 Å². The highest BCUT2D eigenvalue weighted by atomic mass is 32.2. The number of fused-ring (bicyclic) bond motifs is 3. The molecule has 114 valence electrons. The van der Waals surface area contributed by atoms with Gasteiger partial charge in [0.25, 0.3) is 5.91 Å². The van der Waals surface area contributed by atoms with Gasteiger partial charge in [-0.25, -0.2) is 0 Å². The quantitative estimate of drug-likeness (QED) is 0.759. The van der Waals surface area contributed by atoms with E-state index in [0.29, 0.717) is 17.9 Å². The van der Waals surface area contributed by atoms with Crippen molar-refractivity contribution in [3.05, 3.63) is 48.2 Å². The number of benzene rings is 2. The van der Waals surface area contributed by atoms with Crippen molar-refractivity contribution in [2.24, 2.45) is 0 Å². The van der Waals surface area contributed by atoms with Crippen LogP contribution in [-0.4, -0.2) is 27.9 Å². The van der Waals surface area contributed by atoms with Crippen molar-refractivity contribution >= 4 is 39.3 Å². The van der Waals surface area contributed by atoms with E-state index in [-0.39, 0.29) is 5.91 Å². The minimum atomic E-state index is -0.735. The molecule has 1 atom stereocenters. The molecule has 2 aromatic carbocycles. The Morgan fingerprint density at radius 3 is 2.91 bits per heavy atom. The Balaban J connectivity index is 1.73. The Bertz CT molecular complexity index is 948. The van der Waals surface area contributed by atoms with Crippen LogP contribution in [0.25, 0.3) is 21.7 Å². The minimum Gasteiger partial charge on any atom is -0.351 e. The molecule has 1 amide bonds. The lowest BCUT2D eigenvalue weighted by Gasteiger charge is -2.20. The maximum atomic E-state index is 12.6. The predicted octanol–water partition coefficient (Wildman–Crippen LogP) is 3.45. The third-order valence-corrected chi connectivity index (χ3v) is 5.55. The predicted molar refractivity (Wildman–Crippen MR) is 93.6 cm³/mol. The molecule has 1 unspecified atom stereocenters. The molecule has 0 aliphatic carbocycles. The van der Waals surface area contributed by atoms with E-state index in [1.165, 1.54) is 0 Å². The lowest BCUT2D eigenvalue weighted by molar-refractivity contribution is 0.0922. The summed E-state index contributed by atoms with van der Waals surface area (Å²) in [6.45, 7) is 0. The van der Waals surface area contributed by atoms with Crippen molar-refractivity contribution in [3.8, 4) is 6.07 Å². The van der Waals surface area contributed by atoms with E-state index in [1.807, 2.05) is 30.3 Å². The van der Waals surface area contributed by atoms with E-state index in [0.717, 1.165) is 27.4 Å². The summed E-state index contributed by atoms with van der Waals surface area (Å²) < 4.78 is 0. The fourth-order valence-electron chi connectivity index (χ4n) is 3.07. The van der Waals surface area contributed by atoms with Gasteiger partial charge < -0.3 is 10.3 Å². The second-order valence-corrected chi connectivity index (χ2v) is 6.99. The Morgan fingerprint density at radius 2 is 2.13 bits per heavy atom. The van der Waals surface area contributed by atoms with Crippen LogP contribution in [0.4, 0.5) is 0 Å². The lowest BCUT2D eigenvalue weighted by atomic mass is 10.0. The van der Waals surface area contributed by atoms with Crippen molar-refractivity contribution in [2.75, 3.05) is 11.5 Å². The number of nitrogens with one attached hydrogen (secondary N) is 2. The van der Waals surface area contributed by atoms with E-state index in [2.05, 4.69) is 28.5 Å². The maximum Gasteiger partial charge on any atom is 0.268 e. The molecular formula is C18H15N3OS. The molecule has 0 radical (unpaired) electrons. The maximum absolute atomic E-state index is 12.6. The minimum absolute atomic E-state index is 0.214. The van der Waals surface area contributed by atoms with Crippen LogP contribution >= 0.6 is 11.8 Å². The summed E-state index contributed by atoms with van der Waals surface area (Å²) in [5, 5.41) is 15.6. The van der Waals surface area contributed by atoms with Crippen LogP contribution in [0.1, 0.15) is 16.9 Å². The van der Waals surface area contributed by atoms with Crippen molar-refractivity contribution in [3.63, 3.8) is 0 Å². The van der Waals surface area contributed by atoms with E-state index in [4.69, 9.17) is 0 Å². The number of nitriles is 1. The van der Waals surface area contributed by atoms with E-state index < -0.39 is 5.54 Å². The summed E-state index contributed by atoms with van der Waals surface area (Å²) in [6, 6.07) is 16.3. The molecule has 2 heterocycles. The average Bonchev–Trinajstić information content (AvgIpc) is 3.22. The van der Waals surface area contributed by atoms with Gasteiger partial charge in [-0.15, -0.1) is 0 Å². The molecule has 4 nitrogen and oxygen atoms in total. The first kappa shape index (κ1) is 14.2. The lowest BCUT2D eigenvalue weighted by Crippen LogP contribution is -2.47. The zero-order valence-corrected chi connectivity index (χ0v) is 13.2. The van der Waals surface area contributed by atoms with Gasteiger partial charge in [-0.2, -0.15) is 17.0 Å². The van der Waals surface area contributed by atoms with Crippen LogP contribution in [0.15, 0.2) is 42.5 Å². The van der Waals surface area contributed by atoms with Crippen LogP contribution in [0.3, 0.4) is 0 Å². The average molecular weight is 321 g/mol. The number of aromatic nitrogens is 1. The fraction of sp³-hybridized carbons (Fsp3) is 0.222. The van der Waals surface area contributed by atoms with Gasteiger partial charge in [0.2, 0.25) is 0 Å². The molecule has 23 heavy (non-hydrogen) atoms. The number of carbonyl (C=O) groups is 1. The van der Waals surface area contributed by atoms with Gasteiger partial charge in [0.05, 0.1) is 6.07 Å².